The van der Waals surface area contributed by atoms with Crippen LogP contribution in [0, 0.1) is 11.8 Å². The second-order valence-electron chi connectivity index (χ2n) is 2.98. The third-order valence-corrected chi connectivity index (χ3v) is 2.28. The van der Waals surface area contributed by atoms with Gasteiger partial charge in [-0.05, 0) is 18.1 Å². The molecule has 0 bridgehead atoms. The van der Waals surface area contributed by atoms with Crippen molar-refractivity contribution in [1.82, 2.24) is 9.97 Å². The van der Waals surface area contributed by atoms with Gasteiger partial charge in [0.05, 0.1) is 17.2 Å². The second-order valence-corrected chi connectivity index (χ2v) is 3.78. The molecule has 1 aromatic heterocycles. The molecule has 0 saturated heterocycles. The van der Waals surface area contributed by atoms with Gasteiger partial charge < -0.3 is 0 Å². The Morgan fingerprint density at radius 3 is 2.80 bits per heavy atom. The third kappa shape index (κ3) is 2.54. The van der Waals surface area contributed by atoms with Crippen molar-refractivity contribution in [3.05, 3.63) is 36.2 Å². The zero-order chi connectivity index (χ0) is 10.5. The maximum Gasteiger partial charge on any atom is 0.132 e. The van der Waals surface area contributed by atoms with Crippen LogP contribution in [-0.4, -0.2) is 15.3 Å². The van der Waals surface area contributed by atoms with Gasteiger partial charge in [-0.25, -0.2) is 4.98 Å². The number of rotatable bonds is 1. The van der Waals surface area contributed by atoms with Gasteiger partial charge in [0.25, 0.3) is 0 Å². The SMILES string of the molecule is BrCCC#Cc1cnc2ccccc2n1. The summed E-state index contributed by atoms with van der Waals surface area (Å²) in [5, 5.41) is 0.890. The largest absolute Gasteiger partial charge is 0.252 e. The summed E-state index contributed by atoms with van der Waals surface area (Å²) in [5.41, 5.74) is 2.53. The maximum atomic E-state index is 4.40. The summed E-state index contributed by atoms with van der Waals surface area (Å²) in [7, 11) is 0. The molecule has 0 aliphatic carbocycles. The Morgan fingerprint density at radius 2 is 2.00 bits per heavy atom. The van der Waals surface area contributed by atoms with E-state index in [1.807, 2.05) is 24.3 Å². The molecule has 1 heterocycles. The molecule has 0 fully saturated rings. The second kappa shape index (κ2) is 4.90. The summed E-state index contributed by atoms with van der Waals surface area (Å²) >= 11 is 3.32. The number of alkyl halides is 1. The highest BCUT2D eigenvalue weighted by Crippen LogP contribution is 2.07. The average molecular weight is 261 g/mol. The molecule has 3 heteroatoms. The fraction of sp³-hybridized carbons (Fsp3) is 0.167. The van der Waals surface area contributed by atoms with E-state index in [9.17, 15) is 0 Å². The standard InChI is InChI=1S/C12H9BrN2/c13-8-4-3-5-10-9-14-11-6-1-2-7-12(11)15-10/h1-2,6-7,9H,4,8H2. The van der Waals surface area contributed by atoms with Crippen molar-refractivity contribution >= 4 is 27.0 Å². The monoisotopic (exact) mass is 260 g/mol. The van der Waals surface area contributed by atoms with Gasteiger partial charge in [-0.2, -0.15) is 0 Å². The minimum atomic E-state index is 0.731. The van der Waals surface area contributed by atoms with E-state index in [2.05, 4.69) is 37.7 Å². The number of hydrogen-bond acceptors (Lipinski definition) is 2. The number of para-hydroxylation sites is 2. The van der Waals surface area contributed by atoms with E-state index in [1.165, 1.54) is 0 Å². The Hall–Kier alpha value is -1.40. The van der Waals surface area contributed by atoms with Crippen LogP contribution in [0.1, 0.15) is 12.1 Å². The minimum Gasteiger partial charge on any atom is -0.252 e. The number of benzene rings is 1. The zero-order valence-corrected chi connectivity index (χ0v) is 9.66. The number of aromatic nitrogens is 2. The fourth-order valence-corrected chi connectivity index (χ4v) is 1.42. The smallest absolute Gasteiger partial charge is 0.132 e. The van der Waals surface area contributed by atoms with Crippen molar-refractivity contribution in [3.63, 3.8) is 0 Å². The van der Waals surface area contributed by atoms with Gasteiger partial charge >= 0.3 is 0 Å². The third-order valence-electron chi connectivity index (χ3n) is 1.88. The summed E-state index contributed by atoms with van der Waals surface area (Å²) in [5.74, 6) is 6.00. The molecule has 0 spiro atoms. The van der Waals surface area contributed by atoms with E-state index in [0.717, 1.165) is 28.5 Å². The molecule has 2 nitrogen and oxygen atoms in total. The van der Waals surface area contributed by atoms with Gasteiger partial charge in [-0.3, -0.25) is 4.98 Å². The maximum absolute atomic E-state index is 4.40. The molecule has 0 radical (unpaired) electrons. The molecule has 0 aliphatic rings. The van der Waals surface area contributed by atoms with Gasteiger partial charge in [0, 0.05) is 11.8 Å². The van der Waals surface area contributed by atoms with E-state index in [0.29, 0.717) is 0 Å². The van der Waals surface area contributed by atoms with Gasteiger partial charge in [0.2, 0.25) is 0 Å². The first-order valence-electron chi connectivity index (χ1n) is 4.67. The molecule has 0 amide bonds. The molecule has 0 N–H and O–H groups in total. The molecule has 0 atom stereocenters. The van der Waals surface area contributed by atoms with E-state index in [1.54, 1.807) is 6.20 Å². The first kappa shape index (κ1) is 10.1. The lowest BCUT2D eigenvalue weighted by molar-refractivity contribution is 1.25. The fourth-order valence-electron chi connectivity index (χ4n) is 1.22. The summed E-state index contributed by atoms with van der Waals surface area (Å²) in [6.45, 7) is 0. The molecule has 0 saturated carbocycles. The Bertz CT molecular complexity index is 526. The van der Waals surface area contributed by atoms with Crippen molar-refractivity contribution < 1.29 is 0 Å². The topological polar surface area (TPSA) is 25.8 Å². The van der Waals surface area contributed by atoms with Gasteiger partial charge in [-0.15, -0.1) is 0 Å². The molecular formula is C12H9BrN2. The summed E-state index contributed by atoms with van der Waals surface area (Å²) in [6, 6.07) is 7.79. The molecular weight excluding hydrogens is 252 g/mol. The predicted octanol–water partition coefficient (Wildman–Crippen LogP) is 2.77. The van der Waals surface area contributed by atoms with Gasteiger partial charge in [0.15, 0.2) is 0 Å². The number of nitrogens with zero attached hydrogens (tertiary/aromatic N) is 2. The average Bonchev–Trinajstić information content (AvgIpc) is 2.29. The van der Waals surface area contributed by atoms with Crippen LogP contribution in [0.5, 0.6) is 0 Å². The lowest BCUT2D eigenvalue weighted by Crippen LogP contribution is -1.87. The van der Waals surface area contributed by atoms with Crippen LogP contribution in [0.4, 0.5) is 0 Å². The predicted molar refractivity (Wildman–Crippen MR) is 64.8 cm³/mol. The van der Waals surface area contributed by atoms with E-state index < -0.39 is 0 Å². The number of halogens is 1. The molecule has 1 aromatic carbocycles. The Labute approximate surface area is 96.9 Å². The Balaban J connectivity index is 2.36. The van der Waals surface area contributed by atoms with E-state index in [4.69, 9.17) is 0 Å². The molecule has 74 valence electrons. The summed E-state index contributed by atoms with van der Waals surface area (Å²) in [4.78, 5) is 8.68. The highest BCUT2D eigenvalue weighted by atomic mass is 79.9. The van der Waals surface area contributed by atoms with Crippen molar-refractivity contribution in [2.45, 2.75) is 6.42 Å². The lowest BCUT2D eigenvalue weighted by Gasteiger charge is -1.95. The van der Waals surface area contributed by atoms with Crippen LogP contribution >= 0.6 is 15.9 Å². The quantitative estimate of drug-likeness (QED) is 0.582. The Morgan fingerprint density at radius 1 is 1.20 bits per heavy atom. The van der Waals surface area contributed by atoms with E-state index in [-0.39, 0.29) is 0 Å². The van der Waals surface area contributed by atoms with Crippen LogP contribution in [0.3, 0.4) is 0 Å². The first-order valence-corrected chi connectivity index (χ1v) is 5.79. The number of fused-ring (bicyclic) bond motifs is 1. The molecule has 15 heavy (non-hydrogen) atoms. The molecule has 0 aliphatic heterocycles. The van der Waals surface area contributed by atoms with Crippen LogP contribution in [-0.2, 0) is 0 Å². The van der Waals surface area contributed by atoms with Crippen molar-refractivity contribution in [2.24, 2.45) is 0 Å². The van der Waals surface area contributed by atoms with Crippen molar-refractivity contribution in [1.29, 1.82) is 0 Å². The zero-order valence-electron chi connectivity index (χ0n) is 8.07. The van der Waals surface area contributed by atoms with Crippen LogP contribution in [0.15, 0.2) is 30.5 Å². The van der Waals surface area contributed by atoms with Crippen molar-refractivity contribution in [2.75, 3.05) is 5.33 Å². The molecule has 0 unspecified atom stereocenters. The van der Waals surface area contributed by atoms with Crippen LogP contribution in [0.25, 0.3) is 11.0 Å². The molecule has 2 rings (SSSR count). The Kier molecular flexibility index (Phi) is 3.31. The van der Waals surface area contributed by atoms with Gasteiger partial charge in [-0.1, -0.05) is 34.0 Å². The number of hydrogen-bond donors (Lipinski definition) is 0. The lowest BCUT2D eigenvalue weighted by atomic mass is 10.3. The van der Waals surface area contributed by atoms with Crippen LogP contribution < -0.4 is 0 Å². The molecule has 2 aromatic rings. The highest BCUT2D eigenvalue weighted by molar-refractivity contribution is 9.09. The summed E-state index contributed by atoms with van der Waals surface area (Å²) in [6.07, 6.45) is 2.54. The summed E-state index contributed by atoms with van der Waals surface area (Å²) < 4.78 is 0. The highest BCUT2D eigenvalue weighted by Gasteiger charge is 1.95. The van der Waals surface area contributed by atoms with Gasteiger partial charge in [0.1, 0.15) is 5.69 Å². The van der Waals surface area contributed by atoms with Crippen LogP contribution in [0.2, 0.25) is 0 Å². The first-order chi connectivity index (χ1) is 7.40. The van der Waals surface area contributed by atoms with Crippen molar-refractivity contribution in [3.8, 4) is 11.8 Å². The normalized spacial score (nSPS) is 9.67. The van der Waals surface area contributed by atoms with E-state index >= 15 is 0 Å². The minimum absolute atomic E-state index is 0.731.